The van der Waals surface area contributed by atoms with Crippen molar-refractivity contribution >= 4 is 21.8 Å². The highest BCUT2D eigenvalue weighted by atomic mass is 14.7. The second kappa shape index (κ2) is 4.81. The fourth-order valence-electron chi connectivity index (χ4n) is 3.54. The molecule has 22 heavy (non-hydrogen) atoms. The molecule has 0 unspecified atom stereocenters. The van der Waals surface area contributed by atoms with Crippen LogP contribution in [0.4, 0.5) is 0 Å². The number of nitrogens with zero attached hydrogens (tertiary/aromatic N) is 1. The molecule has 0 fully saturated rings. The third-order valence-electron chi connectivity index (χ3n) is 4.66. The minimum absolute atomic E-state index is 0.0845. The van der Waals surface area contributed by atoms with Crippen molar-refractivity contribution in [3.05, 3.63) is 52.1 Å². The van der Waals surface area contributed by atoms with Crippen LogP contribution in [-0.4, -0.2) is 4.98 Å². The molecule has 0 saturated heterocycles. The smallest absolute Gasteiger partial charge is 0.0744 e. The van der Waals surface area contributed by atoms with Crippen LogP contribution in [0.3, 0.4) is 0 Å². The van der Waals surface area contributed by atoms with Crippen molar-refractivity contribution in [2.45, 2.75) is 53.9 Å². The maximum absolute atomic E-state index is 5.03. The largest absolute Gasteiger partial charge is 0.247 e. The molecule has 3 aromatic rings. The van der Waals surface area contributed by atoms with E-state index in [-0.39, 0.29) is 5.41 Å². The zero-order valence-electron chi connectivity index (χ0n) is 14.8. The van der Waals surface area contributed by atoms with Crippen molar-refractivity contribution in [2.75, 3.05) is 0 Å². The number of hydrogen-bond acceptors (Lipinski definition) is 1. The Kier molecular flexibility index (Phi) is 3.28. The van der Waals surface area contributed by atoms with Gasteiger partial charge in [0.05, 0.1) is 11.0 Å². The van der Waals surface area contributed by atoms with Gasteiger partial charge in [-0.05, 0) is 67.0 Å². The number of aromatic nitrogens is 1. The van der Waals surface area contributed by atoms with Crippen molar-refractivity contribution < 1.29 is 0 Å². The van der Waals surface area contributed by atoms with Crippen molar-refractivity contribution in [1.82, 2.24) is 4.98 Å². The van der Waals surface area contributed by atoms with Crippen molar-refractivity contribution in [1.29, 1.82) is 0 Å². The maximum Gasteiger partial charge on any atom is 0.0744 e. The molecule has 0 saturated carbocycles. The summed E-state index contributed by atoms with van der Waals surface area (Å²) in [4.78, 5) is 5.03. The summed E-state index contributed by atoms with van der Waals surface area (Å²) in [7, 11) is 0. The van der Waals surface area contributed by atoms with Crippen LogP contribution < -0.4 is 0 Å². The van der Waals surface area contributed by atoms with Crippen LogP contribution in [-0.2, 0) is 5.41 Å². The third kappa shape index (κ3) is 2.20. The summed E-state index contributed by atoms with van der Waals surface area (Å²) in [6.45, 7) is 15.6. The van der Waals surface area contributed by atoms with E-state index in [0.717, 1.165) is 11.0 Å². The predicted molar refractivity (Wildman–Crippen MR) is 96.9 cm³/mol. The number of pyridine rings is 1. The summed E-state index contributed by atoms with van der Waals surface area (Å²) in [5.41, 5.74) is 9.00. The van der Waals surface area contributed by atoms with E-state index < -0.39 is 0 Å². The quantitative estimate of drug-likeness (QED) is 0.468. The molecule has 0 bridgehead atoms. The van der Waals surface area contributed by atoms with Gasteiger partial charge in [-0.3, -0.25) is 0 Å². The Bertz CT molecular complexity index is 896. The summed E-state index contributed by atoms with van der Waals surface area (Å²) < 4.78 is 0. The van der Waals surface area contributed by atoms with Crippen LogP contribution in [0.5, 0.6) is 0 Å². The van der Waals surface area contributed by atoms with Gasteiger partial charge in [0, 0.05) is 10.8 Å². The molecular formula is C21H25N. The standard InChI is InChI=1S/C21H25N/c1-12-10-14(3)18-17(11-12)22-20-15(4)13(2)8-9-16(20)19(18)21(5,6)7/h8-11H,1-7H3. The summed E-state index contributed by atoms with van der Waals surface area (Å²) in [5.74, 6) is 0. The van der Waals surface area contributed by atoms with Gasteiger partial charge in [-0.2, -0.15) is 0 Å². The Hall–Kier alpha value is -1.89. The minimum Gasteiger partial charge on any atom is -0.247 e. The van der Waals surface area contributed by atoms with E-state index in [1.807, 2.05) is 0 Å². The zero-order chi connectivity index (χ0) is 16.2. The Labute approximate surface area is 133 Å². The van der Waals surface area contributed by atoms with E-state index in [4.69, 9.17) is 4.98 Å². The van der Waals surface area contributed by atoms with Gasteiger partial charge >= 0.3 is 0 Å². The SMILES string of the molecule is Cc1cc(C)c2c(C(C)(C)C)c3ccc(C)c(C)c3nc2c1. The van der Waals surface area contributed by atoms with Gasteiger partial charge in [-0.15, -0.1) is 0 Å². The first kappa shape index (κ1) is 15.0. The normalized spacial score (nSPS) is 12.3. The minimum atomic E-state index is 0.0845. The molecule has 1 heterocycles. The highest BCUT2D eigenvalue weighted by molar-refractivity contribution is 6.01. The van der Waals surface area contributed by atoms with E-state index in [1.54, 1.807) is 0 Å². The van der Waals surface area contributed by atoms with Gasteiger partial charge in [-0.25, -0.2) is 4.98 Å². The number of hydrogen-bond donors (Lipinski definition) is 0. The molecule has 3 rings (SSSR count). The van der Waals surface area contributed by atoms with Gasteiger partial charge in [0.1, 0.15) is 0 Å². The molecule has 0 spiro atoms. The summed E-state index contributed by atoms with van der Waals surface area (Å²) in [6.07, 6.45) is 0. The van der Waals surface area contributed by atoms with Crippen LogP contribution in [0.25, 0.3) is 21.8 Å². The predicted octanol–water partition coefficient (Wildman–Crippen LogP) is 5.92. The first-order valence-corrected chi connectivity index (χ1v) is 8.01. The average molecular weight is 291 g/mol. The molecule has 0 aliphatic carbocycles. The molecule has 114 valence electrons. The monoisotopic (exact) mass is 291 g/mol. The first-order chi connectivity index (χ1) is 10.2. The van der Waals surface area contributed by atoms with Crippen molar-refractivity contribution in [2.24, 2.45) is 0 Å². The molecule has 0 amide bonds. The molecule has 1 heteroatoms. The third-order valence-corrected chi connectivity index (χ3v) is 4.66. The second-order valence-electron chi connectivity index (χ2n) is 7.62. The zero-order valence-corrected chi connectivity index (χ0v) is 14.8. The molecule has 0 atom stereocenters. The molecule has 1 nitrogen and oxygen atoms in total. The second-order valence-corrected chi connectivity index (χ2v) is 7.62. The van der Waals surface area contributed by atoms with Crippen LogP contribution in [0.15, 0.2) is 24.3 Å². The lowest BCUT2D eigenvalue weighted by molar-refractivity contribution is 0.600. The van der Waals surface area contributed by atoms with E-state index in [2.05, 4.69) is 72.7 Å². The summed E-state index contributed by atoms with van der Waals surface area (Å²) >= 11 is 0. The molecule has 0 N–H and O–H groups in total. The van der Waals surface area contributed by atoms with E-state index in [1.165, 1.54) is 38.6 Å². The molecule has 1 aromatic heterocycles. The Balaban J connectivity index is 2.66. The van der Waals surface area contributed by atoms with Crippen LogP contribution in [0.2, 0.25) is 0 Å². The Morgan fingerprint density at radius 1 is 0.864 bits per heavy atom. The van der Waals surface area contributed by atoms with Gasteiger partial charge in [0.2, 0.25) is 0 Å². The van der Waals surface area contributed by atoms with E-state index in [0.29, 0.717) is 0 Å². The van der Waals surface area contributed by atoms with E-state index >= 15 is 0 Å². The molecule has 0 aliphatic rings. The average Bonchev–Trinajstić information content (AvgIpc) is 2.40. The molecular weight excluding hydrogens is 266 g/mol. The van der Waals surface area contributed by atoms with Gasteiger partial charge in [0.15, 0.2) is 0 Å². The molecule has 0 radical (unpaired) electrons. The first-order valence-electron chi connectivity index (χ1n) is 8.01. The molecule has 2 aromatic carbocycles. The Morgan fingerprint density at radius 2 is 1.55 bits per heavy atom. The van der Waals surface area contributed by atoms with E-state index in [9.17, 15) is 0 Å². The van der Waals surface area contributed by atoms with Crippen LogP contribution in [0.1, 0.15) is 48.6 Å². The highest BCUT2D eigenvalue weighted by Crippen LogP contribution is 2.38. The van der Waals surface area contributed by atoms with Crippen molar-refractivity contribution in [3.63, 3.8) is 0 Å². The fraction of sp³-hybridized carbons (Fsp3) is 0.381. The summed E-state index contributed by atoms with van der Waals surface area (Å²) in [6, 6.07) is 8.97. The highest BCUT2D eigenvalue weighted by Gasteiger charge is 2.23. The number of rotatable bonds is 0. The lowest BCUT2D eigenvalue weighted by atomic mass is 9.80. The number of aryl methyl sites for hydroxylation is 4. The lowest BCUT2D eigenvalue weighted by Gasteiger charge is -2.25. The van der Waals surface area contributed by atoms with Crippen LogP contribution in [0, 0.1) is 27.7 Å². The lowest BCUT2D eigenvalue weighted by Crippen LogP contribution is -2.14. The van der Waals surface area contributed by atoms with Gasteiger partial charge in [0.25, 0.3) is 0 Å². The van der Waals surface area contributed by atoms with Crippen LogP contribution >= 0.6 is 0 Å². The summed E-state index contributed by atoms with van der Waals surface area (Å²) in [5, 5.41) is 2.63. The topological polar surface area (TPSA) is 12.9 Å². The maximum atomic E-state index is 5.03. The van der Waals surface area contributed by atoms with Crippen molar-refractivity contribution in [3.8, 4) is 0 Å². The van der Waals surface area contributed by atoms with Gasteiger partial charge < -0.3 is 0 Å². The Morgan fingerprint density at radius 3 is 2.18 bits per heavy atom. The number of fused-ring (bicyclic) bond motifs is 2. The molecule has 0 aliphatic heterocycles. The fourth-order valence-corrected chi connectivity index (χ4v) is 3.54. The van der Waals surface area contributed by atoms with Gasteiger partial charge in [-0.1, -0.05) is 39.0 Å². The number of benzene rings is 2.